The highest BCUT2D eigenvalue weighted by Crippen LogP contribution is 2.24. The van der Waals surface area contributed by atoms with Crippen LogP contribution in [0, 0.1) is 0 Å². The van der Waals surface area contributed by atoms with Crippen molar-refractivity contribution in [3.05, 3.63) is 23.6 Å². The molecule has 0 unspecified atom stereocenters. The van der Waals surface area contributed by atoms with Crippen LogP contribution in [0.25, 0.3) is 0 Å². The van der Waals surface area contributed by atoms with Gasteiger partial charge in [0.15, 0.2) is 5.82 Å². The Hall–Kier alpha value is -1.98. The van der Waals surface area contributed by atoms with Gasteiger partial charge in [0.1, 0.15) is 21.0 Å². The zero-order valence-electron chi connectivity index (χ0n) is 16.3. The summed E-state index contributed by atoms with van der Waals surface area (Å²) in [4.78, 5) is 10.5. The number of alkyl halides is 1. The van der Waals surface area contributed by atoms with Crippen LogP contribution in [0.3, 0.4) is 0 Å². The van der Waals surface area contributed by atoms with Crippen LogP contribution in [-0.2, 0) is 16.9 Å². The fraction of sp³-hybridized carbons (Fsp3) is 0.588. The number of aromatic nitrogens is 4. The third-order valence-electron chi connectivity index (χ3n) is 4.65. The summed E-state index contributed by atoms with van der Waals surface area (Å²) in [5.41, 5.74) is 0.744. The molecule has 1 fully saturated rings. The number of aryl methyl sites for hydroxylation is 1. The summed E-state index contributed by atoms with van der Waals surface area (Å²) in [5.74, 6) is 0.915. The van der Waals surface area contributed by atoms with E-state index in [9.17, 15) is 12.8 Å². The number of likely N-dealkylation sites (tertiary alicyclic amines) is 1. The molecule has 0 radical (unpaired) electrons. The molecular weight excluding hydrogens is 421 g/mol. The molecule has 0 aliphatic carbocycles. The van der Waals surface area contributed by atoms with E-state index < -0.39 is 16.0 Å². The zero-order valence-corrected chi connectivity index (χ0v) is 17.9. The second-order valence-corrected chi connectivity index (χ2v) is 9.93. The molecule has 3 heterocycles. The monoisotopic (exact) mass is 445 g/mol. The van der Waals surface area contributed by atoms with Gasteiger partial charge in [-0.2, -0.15) is 10.1 Å². The minimum Gasteiger partial charge on any atom is -0.367 e. The molecule has 0 saturated carbocycles. The van der Waals surface area contributed by atoms with Crippen LogP contribution in [-0.4, -0.2) is 76.9 Å². The highest BCUT2D eigenvalue weighted by molar-refractivity contribution is 7.90. The highest BCUT2D eigenvalue weighted by Gasteiger charge is 2.31. The fourth-order valence-electron chi connectivity index (χ4n) is 3.32. The van der Waals surface area contributed by atoms with E-state index in [2.05, 4.69) is 25.7 Å². The van der Waals surface area contributed by atoms with Gasteiger partial charge in [0.2, 0.25) is 5.95 Å². The molecule has 2 aromatic rings. The first kappa shape index (κ1) is 21.7. The van der Waals surface area contributed by atoms with Crippen molar-refractivity contribution >= 4 is 38.9 Å². The third kappa shape index (κ3) is 6.51. The zero-order chi connectivity index (χ0) is 21.0. The third-order valence-corrected chi connectivity index (χ3v) is 5.95. The van der Waals surface area contributed by atoms with Crippen molar-refractivity contribution in [1.29, 1.82) is 0 Å². The van der Waals surface area contributed by atoms with Crippen LogP contribution in [0.5, 0.6) is 0 Å². The van der Waals surface area contributed by atoms with E-state index in [0.717, 1.165) is 5.69 Å². The number of hydrogen-bond acceptors (Lipinski definition) is 8. The van der Waals surface area contributed by atoms with Gasteiger partial charge < -0.3 is 10.6 Å². The quantitative estimate of drug-likeness (QED) is 0.602. The molecule has 12 heteroatoms. The van der Waals surface area contributed by atoms with Crippen molar-refractivity contribution in [3.63, 3.8) is 0 Å². The van der Waals surface area contributed by atoms with E-state index in [1.165, 1.54) is 12.5 Å². The SMILES string of the molecule is Cn1cc(Nc2ncc(Cl)c(NC[C@@H]3C[C@H](F)CN3CCCS(C)(=O)=O)n2)cn1. The van der Waals surface area contributed by atoms with Gasteiger partial charge in [0.25, 0.3) is 0 Å². The molecule has 2 N–H and O–H groups in total. The largest absolute Gasteiger partial charge is 0.367 e. The molecule has 160 valence electrons. The lowest BCUT2D eigenvalue weighted by Crippen LogP contribution is -2.36. The van der Waals surface area contributed by atoms with Crippen molar-refractivity contribution in [2.75, 3.05) is 42.3 Å². The summed E-state index contributed by atoms with van der Waals surface area (Å²) in [5, 5.41) is 10.7. The van der Waals surface area contributed by atoms with E-state index in [-0.39, 0.29) is 11.8 Å². The Morgan fingerprint density at radius 3 is 2.86 bits per heavy atom. The lowest BCUT2D eigenvalue weighted by molar-refractivity contribution is 0.250. The van der Waals surface area contributed by atoms with Crippen molar-refractivity contribution in [2.24, 2.45) is 7.05 Å². The average molecular weight is 446 g/mol. The first-order valence-corrected chi connectivity index (χ1v) is 11.7. The fourth-order valence-corrected chi connectivity index (χ4v) is 4.13. The van der Waals surface area contributed by atoms with E-state index in [1.807, 2.05) is 11.9 Å². The maximum atomic E-state index is 13.9. The van der Waals surface area contributed by atoms with Gasteiger partial charge >= 0.3 is 0 Å². The number of halogens is 2. The first-order valence-electron chi connectivity index (χ1n) is 9.27. The molecule has 9 nitrogen and oxygen atoms in total. The normalized spacial score (nSPS) is 20.1. The number of sulfone groups is 1. The Labute approximate surface area is 174 Å². The molecular formula is C17H25ClFN7O2S. The number of nitrogens with one attached hydrogen (secondary N) is 2. The lowest BCUT2D eigenvalue weighted by atomic mass is 10.2. The molecule has 0 bridgehead atoms. The highest BCUT2D eigenvalue weighted by atomic mass is 35.5. The van der Waals surface area contributed by atoms with Crippen molar-refractivity contribution in [1.82, 2.24) is 24.6 Å². The summed E-state index contributed by atoms with van der Waals surface area (Å²) in [6, 6.07) is -0.0645. The molecule has 2 atom stereocenters. The molecule has 29 heavy (non-hydrogen) atoms. The number of rotatable bonds is 9. The Bertz CT molecular complexity index is 940. The maximum Gasteiger partial charge on any atom is 0.229 e. The molecule has 2 aromatic heterocycles. The molecule has 0 spiro atoms. The van der Waals surface area contributed by atoms with Crippen LogP contribution >= 0.6 is 11.6 Å². The van der Waals surface area contributed by atoms with Crippen molar-refractivity contribution in [2.45, 2.75) is 25.1 Å². The van der Waals surface area contributed by atoms with Gasteiger partial charge in [0, 0.05) is 38.6 Å². The number of anilines is 3. The minimum atomic E-state index is -3.02. The topological polar surface area (TPSA) is 105 Å². The summed E-state index contributed by atoms with van der Waals surface area (Å²) < 4.78 is 38.2. The average Bonchev–Trinajstić information content (AvgIpc) is 3.19. The van der Waals surface area contributed by atoms with Crippen molar-refractivity contribution in [3.8, 4) is 0 Å². The van der Waals surface area contributed by atoms with Crippen LogP contribution in [0.2, 0.25) is 5.02 Å². The van der Waals surface area contributed by atoms with Crippen LogP contribution in [0.4, 0.5) is 21.8 Å². The molecule has 0 amide bonds. The second kappa shape index (κ2) is 9.23. The molecule has 0 aromatic carbocycles. The van der Waals surface area contributed by atoms with Gasteiger partial charge in [-0.15, -0.1) is 0 Å². The van der Waals surface area contributed by atoms with Gasteiger partial charge in [-0.1, -0.05) is 11.6 Å². The maximum absolute atomic E-state index is 13.9. The smallest absolute Gasteiger partial charge is 0.229 e. The predicted octanol–water partition coefficient (Wildman–Crippen LogP) is 1.87. The Morgan fingerprint density at radius 1 is 1.38 bits per heavy atom. The van der Waals surface area contributed by atoms with Crippen LogP contribution < -0.4 is 10.6 Å². The predicted molar refractivity (Wildman–Crippen MR) is 111 cm³/mol. The first-order chi connectivity index (χ1) is 13.7. The number of nitrogens with zero attached hydrogens (tertiary/aromatic N) is 5. The summed E-state index contributed by atoms with van der Waals surface area (Å²) in [6.07, 6.45) is 6.08. The molecule has 3 rings (SSSR count). The van der Waals surface area contributed by atoms with E-state index >= 15 is 0 Å². The standard InChI is InChI=1S/C17H25ClFN7O2S/c1-25-11-13(7-22-25)23-17-21-9-15(18)16(24-17)20-8-14-6-12(19)10-26(14)4-3-5-29(2,27)28/h7,9,11-12,14H,3-6,8,10H2,1-2H3,(H2,20,21,23,24)/t12-,14-/m0/s1. The minimum absolute atomic E-state index is 0.0645. The summed E-state index contributed by atoms with van der Waals surface area (Å²) >= 11 is 6.20. The lowest BCUT2D eigenvalue weighted by Gasteiger charge is -2.24. The Morgan fingerprint density at radius 2 is 2.17 bits per heavy atom. The summed E-state index contributed by atoms with van der Waals surface area (Å²) in [6.45, 7) is 1.29. The van der Waals surface area contributed by atoms with Gasteiger partial charge in [0.05, 0.1) is 23.8 Å². The molecule has 1 aliphatic rings. The van der Waals surface area contributed by atoms with Crippen molar-refractivity contribution < 1.29 is 12.8 Å². The van der Waals surface area contributed by atoms with E-state index in [1.54, 1.807) is 17.1 Å². The Kier molecular flexibility index (Phi) is 6.91. The van der Waals surface area contributed by atoms with Gasteiger partial charge in [-0.25, -0.2) is 17.8 Å². The molecule has 1 aliphatic heterocycles. The van der Waals surface area contributed by atoms with Crippen LogP contribution in [0.15, 0.2) is 18.6 Å². The van der Waals surface area contributed by atoms with E-state index in [4.69, 9.17) is 11.6 Å². The van der Waals surface area contributed by atoms with E-state index in [0.29, 0.717) is 49.3 Å². The number of hydrogen-bond donors (Lipinski definition) is 2. The second-order valence-electron chi connectivity index (χ2n) is 7.26. The van der Waals surface area contributed by atoms with Gasteiger partial charge in [-0.3, -0.25) is 9.58 Å². The molecule has 1 saturated heterocycles. The van der Waals surface area contributed by atoms with Gasteiger partial charge in [-0.05, 0) is 19.4 Å². The van der Waals surface area contributed by atoms with Crippen LogP contribution in [0.1, 0.15) is 12.8 Å². The summed E-state index contributed by atoms with van der Waals surface area (Å²) in [7, 11) is -1.21. The Balaban J connectivity index is 1.59.